The van der Waals surface area contributed by atoms with E-state index in [1.54, 1.807) is 11.3 Å². The van der Waals surface area contributed by atoms with E-state index in [4.69, 9.17) is 0 Å². The molecular formula is C23H34S. The highest BCUT2D eigenvalue weighted by Gasteiger charge is 1.75. The largest absolute Gasteiger partial charge is 0.149 e. The molecule has 2 aromatic carbocycles. The van der Waals surface area contributed by atoms with Crippen molar-refractivity contribution >= 4 is 11.3 Å². The Hall–Kier alpha value is -1.86. The van der Waals surface area contributed by atoms with Crippen LogP contribution in [0.2, 0.25) is 0 Å². The number of hydrogen-bond donors (Lipinski definition) is 0. The zero-order valence-electron chi connectivity index (χ0n) is 16.4. The molecule has 0 bridgehead atoms. The molecule has 0 radical (unpaired) electrons. The third-order valence-corrected chi connectivity index (χ3v) is 3.35. The van der Waals surface area contributed by atoms with Crippen LogP contribution in [0.5, 0.6) is 0 Å². The van der Waals surface area contributed by atoms with Crippen molar-refractivity contribution in [2.75, 3.05) is 0 Å². The second-order valence-corrected chi connectivity index (χ2v) is 5.68. The number of benzene rings is 2. The van der Waals surface area contributed by atoms with E-state index in [0.29, 0.717) is 0 Å². The quantitative estimate of drug-likeness (QED) is 0.387. The molecular weight excluding hydrogens is 308 g/mol. The Kier molecular flexibility index (Phi) is 19.5. The van der Waals surface area contributed by atoms with Gasteiger partial charge in [-0.15, -0.1) is 11.3 Å². The highest BCUT2D eigenvalue weighted by molar-refractivity contribution is 7.09. The second kappa shape index (κ2) is 19.2. The number of thiophene rings is 1. The predicted molar refractivity (Wildman–Crippen MR) is 114 cm³/mol. The summed E-state index contributed by atoms with van der Waals surface area (Å²) < 4.78 is 0. The number of hydrogen-bond acceptors (Lipinski definition) is 1. The fourth-order valence-electron chi connectivity index (χ4n) is 1.43. The summed E-state index contributed by atoms with van der Waals surface area (Å²) in [6.07, 6.45) is 0. The average Bonchev–Trinajstić information content (AvgIpc) is 3.12. The minimum atomic E-state index is 1.32. The second-order valence-electron chi connectivity index (χ2n) is 4.53. The molecule has 3 aromatic rings. The maximum absolute atomic E-state index is 2.10. The smallest absolute Gasteiger partial charge is 0.00141 e. The summed E-state index contributed by atoms with van der Waals surface area (Å²) in [5.74, 6) is 0. The van der Waals surface area contributed by atoms with Crippen LogP contribution in [0.15, 0.2) is 78.2 Å². The Bertz CT molecular complexity index is 502. The van der Waals surface area contributed by atoms with Crippen molar-refractivity contribution in [3.63, 3.8) is 0 Å². The van der Waals surface area contributed by atoms with Crippen LogP contribution in [0.25, 0.3) is 0 Å². The minimum Gasteiger partial charge on any atom is -0.149 e. The monoisotopic (exact) mass is 342 g/mol. The molecule has 0 aliphatic heterocycles. The first-order valence-corrected chi connectivity index (χ1v) is 9.60. The zero-order chi connectivity index (χ0) is 18.6. The molecule has 0 saturated carbocycles. The van der Waals surface area contributed by atoms with Crippen molar-refractivity contribution in [3.8, 4) is 0 Å². The van der Waals surface area contributed by atoms with Gasteiger partial charge in [0, 0.05) is 4.88 Å². The lowest BCUT2D eigenvalue weighted by Crippen LogP contribution is -1.62. The summed E-state index contributed by atoms with van der Waals surface area (Å²) in [5, 5.41) is 2.08. The van der Waals surface area contributed by atoms with E-state index in [-0.39, 0.29) is 0 Å². The molecule has 0 saturated heterocycles. The summed E-state index contributed by atoms with van der Waals surface area (Å²) in [7, 11) is 0. The van der Waals surface area contributed by atoms with Crippen LogP contribution in [-0.2, 0) is 0 Å². The third kappa shape index (κ3) is 16.5. The van der Waals surface area contributed by atoms with Crippen LogP contribution < -0.4 is 0 Å². The lowest BCUT2D eigenvalue weighted by molar-refractivity contribution is 1.48. The van der Waals surface area contributed by atoms with E-state index >= 15 is 0 Å². The van der Waals surface area contributed by atoms with Crippen LogP contribution in [0, 0.1) is 20.8 Å². The molecule has 132 valence electrons. The highest BCUT2D eigenvalue weighted by atomic mass is 32.1. The first-order chi connectivity index (χ1) is 11.7. The molecule has 1 heterocycles. The van der Waals surface area contributed by atoms with E-state index in [9.17, 15) is 0 Å². The van der Waals surface area contributed by atoms with Gasteiger partial charge in [0.2, 0.25) is 0 Å². The molecule has 3 rings (SSSR count). The molecule has 1 heteroatoms. The van der Waals surface area contributed by atoms with Crippen molar-refractivity contribution < 1.29 is 0 Å². The first-order valence-electron chi connectivity index (χ1n) is 8.72. The fraction of sp³-hybridized carbons (Fsp3) is 0.304. The molecule has 0 nitrogen and oxygen atoms in total. The minimum absolute atomic E-state index is 1.32. The highest BCUT2D eigenvalue weighted by Crippen LogP contribution is 2.03. The van der Waals surface area contributed by atoms with Crippen LogP contribution in [0.4, 0.5) is 0 Å². The number of rotatable bonds is 0. The molecule has 24 heavy (non-hydrogen) atoms. The Balaban J connectivity index is 0. The van der Waals surface area contributed by atoms with Crippen molar-refractivity contribution in [3.05, 3.63) is 94.2 Å². The molecule has 0 aliphatic rings. The Labute approximate surface area is 154 Å². The van der Waals surface area contributed by atoms with Crippen LogP contribution >= 0.6 is 11.3 Å². The van der Waals surface area contributed by atoms with Crippen LogP contribution in [-0.4, -0.2) is 0 Å². The Morgan fingerprint density at radius 3 is 1.00 bits per heavy atom. The third-order valence-electron chi connectivity index (χ3n) is 2.54. The van der Waals surface area contributed by atoms with Gasteiger partial charge >= 0.3 is 0 Å². The van der Waals surface area contributed by atoms with Gasteiger partial charge in [0.15, 0.2) is 0 Å². The van der Waals surface area contributed by atoms with Crippen molar-refractivity contribution in [1.82, 2.24) is 0 Å². The Morgan fingerprint density at radius 2 is 0.875 bits per heavy atom. The van der Waals surface area contributed by atoms with Crippen LogP contribution in [0.1, 0.15) is 43.7 Å². The lowest BCUT2D eigenvalue weighted by atomic mass is 10.2. The summed E-state index contributed by atoms with van der Waals surface area (Å²) in [5.41, 5.74) is 2.64. The maximum atomic E-state index is 2.10. The first kappa shape index (κ1) is 24.4. The molecule has 0 aliphatic carbocycles. The van der Waals surface area contributed by atoms with Crippen molar-refractivity contribution in [2.24, 2.45) is 0 Å². The molecule has 0 fully saturated rings. The normalized spacial score (nSPS) is 7.79. The summed E-state index contributed by atoms with van der Waals surface area (Å²) in [4.78, 5) is 1.38. The topological polar surface area (TPSA) is 0 Å². The summed E-state index contributed by atoms with van der Waals surface area (Å²) >= 11 is 1.78. The van der Waals surface area contributed by atoms with Gasteiger partial charge in [0.1, 0.15) is 0 Å². The maximum Gasteiger partial charge on any atom is 0.00141 e. The van der Waals surface area contributed by atoms with E-state index in [1.165, 1.54) is 16.0 Å². The fourth-order valence-corrected chi connectivity index (χ4v) is 1.96. The van der Waals surface area contributed by atoms with Gasteiger partial charge in [-0.2, -0.15) is 0 Å². The standard InChI is InChI=1S/2C7H8.C5H6S.2C2H6/c2*1-7-5-3-2-4-6-7;1-5-3-2-4-6-5;2*1-2/h2*2-6H,1H3;2-4H,1H3;2*1-2H3. The molecule has 0 spiro atoms. The van der Waals surface area contributed by atoms with Gasteiger partial charge in [-0.3, -0.25) is 0 Å². The Morgan fingerprint density at radius 1 is 0.500 bits per heavy atom. The average molecular weight is 343 g/mol. The van der Waals surface area contributed by atoms with Crippen LogP contribution in [0.3, 0.4) is 0 Å². The van der Waals surface area contributed by atoms with E-state index < -0.39 is 0 Å². The van der Waals surface area contributed by atoms with Gasteiger partial charge in [-0.25, -0.2) is 0 Å². The predicted octanol–water partition coefficient (Wildman–Crippen LogP) is 8.10. The SMILES string of the molecule is CC.CC.Cc1ccccc1.Cc1ccccc1.Cc1cccs1. The summed E-state index contributed by atoms with van der Waals surface area (Å²) in [6, 6.07) is 24.7. The molecule has 0 amide bonds. The molecule has 0 atom stereocenters. The van der Waals surface area contributed by atoms with Gasteiger partial charge < -0.3 is 0 Å². The van der Waals surface area contributed by atoms with E-state index in [1.807, 2.05) is 64.1 Å². The number of aryl methyl sites for hydroxylation is 3. The van der Waals surface area contributed by atoms with E-state index in [2.05, 4.69) is 62.5 Å². The lowest BCUT2D eigenvalue weighted by Gasteiger charge is -1.82. The van der Waals surface area contributed by atoms with Gasteiger partial charge in [-0.1, -0.05) is 106 Å². The van der Waals surface area contributed by atoms with Gasteiger partial charge in [-0.05, 0) is 32.2 Å². The van der Waals surface area contributed by atoms with Gasteiger partial charge in [0.25, 0.3) is 0 Å². The zero-order valence-corrected chi connectivity index (χ0v) is 17.2. The molecule has 0 N–H and O–H groups in total. The van der Waals surface area contributed by atoms with Crippen molar-refractivity contribution in [1.29, 1.82) is 0 Å². The molecule has 1 aromatic heterocycles. The van der Waals surface area contributed by atoms with Crippen molar-refractivity contribution in [2.45, 2.75) is 48.5 Å². The van der Waals surface area contributed by atoms with E-state index in [0.717, 1.165) is 0 Å². The molecule has 0 unspecified atom stereocenters. The van der Waals surface area contributed by atoms with Gasteiger partial charge in [0.05, 0.1) is 0 Å². The summed E-state index contributed by atoms with van der Waals surface area (Å²) in [6.45, 7) is 14.3.